The molecule has 25 heavy (non-hydrogen) atoms. The molecule has 0 unspecified atom stereocenters. The summed E-state index contributed by atoms with van der Waals surface area (Å²) in [5.41, 5.74) is 3.61. The molecule has 1 aliphatic carbocycles. The van der Waals surface area contributed by atoms with E-state index in [0.717, 1.165) is 17.5 Å². The van der Waals surface area contributed by atoms with Crippen LogP contribution in [0.1, 0.15) is 18.1 Å². The van der Waals surface area contributed by atoms with Crippen LogP contribution in [-0.4, -0.2) is 6.61 Å². The van der Waals surface area contributed by atoms with Gasteiger partial charge in [0.25, 0.3) is 0 Å². The number of ether oxygens (including phenoxy) is 1. The molecule has 1 aliphatic rings. The van der Waals surface area contributed by atoms with Gasteiger partial charge in [0.1, 0.15) is 17.3 Å². The van der Waals surface area contributed by atoms with Gasteiger partial charge in [-0.15, -0.1) is 0 Å². The summed E-state index contributed by atoms with van der Waals surface area (Å²) in [6.45, 7) is 2.43. The largest absolute Gasteiger partial charge is 0.493 e. The van der Waals surface area contributed by atoms with E-state index in [1.54, 1.807) is 24.3 Å². The van der Waals surface area contributed by atoms with Gasteiger partial charge in [0.2, 0.25) is 0 Å². The molecule has 1 aromatic heterocycles. The molecular weight excluding hydrogens is 336 g/mol. The van der Waals surface area contributed by atoms with Crippen molar-refractivity contribution < 1.29 is 9.15 Å². The first-order chi connectivity index (χ1) is 12.2. The van der Waals surface area contributed by atoms with Gasteiger partial charge in [0.05, 0.1) is 12.2 Å². The molecule has 0 fully saturated rings. The Morgan fingerprint density at radius 3 is 2.76 bits per heavy atom. The molecule has 0 saturated heterocycles. The van der Waals surface area contributed by atoms with Gasteiger partial charge in [-0.25, -0.2) is 0 Å². The van der Waals surface area contributed by atoms with Crippen molar-refractivity contribution in [1.82, 2.24) is 0 Å². The minimum atomic E-state index is -0.00632. The fourth-order valence-corrected chi connectivity index (χ4v) is 3.47. The lowest BCUT2D eigenvalue weighted by molar-refractivity contribution is 0.340. The molecule has 0 saturated carbocycles. The van der Waals surface area contributed by atoms with Crippen LogP contribution in [0.2, 0.25) is 5.02 Å². The van der Waals surface area contributed by atoms with E-state index in [-0.39, 0.29) is 5.43 Å². The first-order valence-corrected chi connectivity index (χ1v) is 8.73. The second kappa shape index (κ2) is 6.41. The van der Waals surface area contributed by atoms with Crippen molar-refractivity contribution in [3.05, 3.63) is 74.9 Å². The molecule has 1 heterocycles. The third-order valence-corrected chi connectivity index (χ3v) is 4.69. The van der Waals surface area contributed by atoms with Crippen molar-refractivity contribution >= 4 is 11.6 Å². The maximum atomic E-state index is 12.7. The molecule has 0 spiro atoms. The van der Waals surface area contributed by atoms with Crippen LogP contribution in [0.25, 0.3) is 22.6 Å². The zero-order chi connectivity index (χ0) is 17.4. The van der Waals surface area contributed by atoms with Gasteiger partial charge in [-0.3, -0.25) is 4.79 Å². The van der Waals surface area contributed by atoms with Crippen molar-refractivity contribution in [3.63, 3.8) is 0 Å². The Morgan fingerprint density at radius 1 is 1.08 bits per heavy atom. The number of rotatable bonds is 3. The molecule has 3 nitrogen and oxygen atoms in total. The summed E-state index contributed by atoms with van der Waals surface area (Å²) in [4.78, 5) is 12.7. The predicted molar refractivity (Wildman–Crippen MR) is 99.4 cm³/mol. The fraction of sp³-hybridized carbons (Fsp3) is 0.190. The maximum Gasteiger partial charge on any atom is 0.189 e. The Morgan fingerprint density at radius 2 is 1.92 bits per heavy atom. The van der Waals surface area contributed by atoms with Crippen LogP contribution in [0.15, 0.2) is 57.7 Å². The second-order valence-electron chi connectivity index (χ2n) is 6.01. The Labute approximate surface area is 150 Å². The monoisotopic (exact) mass is 352 g/mol. The van der Waals surface area contributed by atoms with Gasteiger partial charge in [0.15, 0.2) is 5.43 Å². The van der Waals surface area contributed by atoms with Crippen LogP contribution in [0.3, 0.4) is 0 Å². The third-order valence-electron chi connectivity index (χ3n) is 4.46. The molecule has 0 N–H and O–H groups in total. The van der Waals surface area contributed by atoms with Crippen molar-refractivity contribution in [2.75, 3.05) is 6.61 Å². The second-order valence-corrected chi connectivity index (χ2v) is 6.45. The quantitative estimate of drug-likeness (QED) is 0.656. The van der Waals surface area contributed by atoms with Gasteiger partial charge in [0, 0.05) is 22.2 Å². The van der Waals surface area contributed by atoms with E-state index in [4.69, 9.17) is 20.8 Å². The molecule has 126 valence electrons. The lowest BCUT2D eigenvalue weighted by Gasteiger charge is -2.19. The first-order valence-electron chi connectivity index (χ1n) is 8.35. The predicted octanol–water partition coefficient (Wildman–Crippen LogP) is 5.12. The van der Waals surface area contributed by atoms with Crippen molar-refractivity contribution in [2.24, 2.45) is 0 Å². The smallest absolute Gasteiger partial charge is 0.189 e. The average Bonchev–Trinajstić information content (AvgIpc) is 2.63. The Balaban J connectivity index is 1.94. The molecule has 0 radical (unpaired) electrons. The van der Waals surface area contributed by atoms with Crippen LogP contribution >= 0.6 is 11.6 Å². The van der Waals surface area contributed by atoms with Gasteiger partial charge in [-0.1, -0.05) is 35.9 Å². The van der Waals surface area contributed by atoms with E-state index in [1.165, 1.54) is 5.56 Å². The van der Waals surface area contributed by atoms with Gasteiger partial charge < -0.3 is 9.15 Å². The molecule has 3 aromatic rings. The summed E-state index contributed by atoms with van der Waals surface area (Å²) in [6.07, 6.45) is 1.55. The SMILES string of the molecule is CCOc1ccc(Cl)cc1-c1cc(=O)c2c(o1)-c1ccccc1CC2. The third kappa shape index (κ3) is 2.85. The normalized spacial score (nSPS) is 12.4. The number of hydrogen-bond acceptors (Lipinski definition) is 3. The zero-order valence-electron chi connectivity index (χ0n) is 13.8. The van der Waals surface area contributed by atoms with Crippen molar-refractivity contribution in [3.8, 4) is 28.4 Å². The Bertz CT molecular complexity index is 1000. The highest BCUT2D eigenvalue weighted by atomic mass is 35.5. The van der Waals surface area contributed by atoms with Gasteiger partial charge in [-0.05, 0) is 43.5 Å². The highest BCUT2D eigenvalue weighted by Gasteiger charge is 2.22. The van der Waals surface area contributed by atoms with E-state index >= 15 is 0 Å². The summed E-state index contributed by atoms with van der Waals surface area (Å²) in [6, 6.07) is 14.9. The highest BCUT2D eigenvalue weighted by molar-refractivity contribution is 6.30. The lowest BCUT2D eigenvalue weighted by atomic mass is 9.89. The molecule has 0 atom stereocenters. The van der Waals surface area contributed by atoms with Crippen LogP contribution in [-0.2, 0) is 12.8 Å². The van der Waals surface area contributed by atoms with Crippen molar-refractivity contribution in [2.45, 2.75) is 19.8 Å². The molecule has 4 heteroatoms. The minimum Gasteiger partial charge on any atom is -0.493 e. The number of halogens is 1. The molecular formula is C21H17ClO3. The van der Waals surface area contributed by atoms with E-state index in [9.17, 15) is 4.79 Å². The number of hydrogen-bond donors (Lipinski definition) is 0. The summed E-state index contributed by atoms with van der Waals surface area (Å²) >= 11 is 6.16. The molecule has 2 aromatic carbocycles. The van der Waals surface area contributed by atoms with Crippen LogP contribution in [0.4, 0.5) is 0 Å². The highest BCUT2D eigenvalue weighted by Crippen LogP contribution is 2.37. The van der Waals surface area contributed by atoms with Crippen LogP contribution in [0.5, 0.6) is 5.75 Å². The fourth-order valence-electron chi connectivity index (χ4n) is 3.30. The maximum absolute atomic E-state index is 12.7. The molecule has 4 rings (SSSR count). The topological polar surface area (TPSA) is 39.4 Å². The van der Waals surface area contributed by atoms with Gasteiger partial charge in [-0.2, -0.15) is 0 Å². The molecule has 0 amide bonds. The van der Waals surface area contributed by atoms with Crippen LogP contribution < -0.4 is 10.2 Å². The summed E-state index contributed by atoms with van der Waals surface area (Å²) in [7, 11) is 0. The van der Waals surface area contributed by atoms with Gasteiger partial charge >= 0.3 is 0 Å². The average molecular weight is 353 g/mol. The van der Waals surface area contributed by atoms with Crippen molar-refractivity contribution in [1.29, 1.82) is 0 Å². The number of fused-ring (bicyclic) bond motifs is 3. The lowest BCUT2D eigenvalue weighted by Crippen LogP contribution is -2.15. The zero-order valence-corrected chi connectivity index (χ0v) is 14.6. The van der Waals surface area contributed by atoms with E-state index in [0.29, 0.717) is 40.9 Å². The summed E-state index contributed by atoms with van der Waals surface area (Å²) < 4.78 is 11.9. The first kappa shape index (κ1) is 16.0. The summed E-state index contributed by atoms with van der Waals surface area (Å²) in [5, 5.41) is 0.569. The van der Waals surface area contributed by atoms with E-state index < -0.39 is 0 Å². The van der Waals surface area contributed by atoms with E-state index in [2.05, 4.69) is 6.07 Å². The van der Waals surface area contributed by atoms with Crippen LogP contribution in [0, 0.1) is 0 Å². The molecule has 0 aliphatic heterocycles. The standard InChI is InChI=1S/C21H17ClO3/c1-2-24-19-10-8-14(22)11-17(19)20-12-18(23)16-9-7-13-5-3-4-6-15(13)21(16)25-20/h3-6,8,10-12H,2,7,9H2,1H3. The van der Waals surface area contributed by atoms with E-state index in [1.807, 2.05) is 25.1 Å². The Kier molecular flexibility index (Phi) is 4.10. The summed E-state index contributed by atoms with van der Waals surface area (Å²) in [5.74, 6) is 1.79. The number of aryl methyl sites for hydroxylation is 1. The Hall–Kier alpha value is -2.52. The molecule has 0 bridgehead atoms. The number of benzene rings is 2. The minimum absolute atomic E-state index is 0.00632.